The van der Waals surface area contributed by atoms with Crippen molar-refractivity contribution in [3.8, 4) is 0 Å². The van der Waals surface area contributed by atoms with Gasteiger partial charge >= 0.3 is 0 Å². The molecule has 3 heteroatoms. The predicted molar refractivity (Wildman–Crippen MR) is 12.9 cm³/mol. The molecule has 0 fully saturated rings. The van der Waals surface area contributed by atoms with Gasteiger partial charge in [-0.3, -0.25) is 10.1 Å². The summed E-state index contributed by atoms with van der Waals surface area (Å²) >= 11 is 0. The molecule has 4 heavy (non-hydrogen) atoms. The van der Waals surface area contributed by atoms with Crippen LogP contribution < -0.4 is 0 Å². The van der Waals surface area contributed by atoms with Crippen LogP contribution in [0, 0.1) is 10.1 Å². The van der Waals surface area contributed by atoms with Crippen LogP contribution in [0.3, 0.4) is 0 Å². The fourth-order valence-corrected chi connectivity index (χ4v) is 0. The molecule has 0 amide bonds. The van der Waals surface area contributed by atoms with Crippen molar-refractivity contribution >= 4 is 0 Å². The Bertz CT molecular complexity index is 85.4. The van der Waals surface area contributed by atoms with Gasteiger partial charge in [0.05, 0.1) is 0 Å². The van der Waals surface area contributed by atoms with E-state index in [-0.39, 0.29) is 0 Å². The van der Waals surface area contributed by atoms with Crippen LogP contribution in [-0.4, -0.2) is 11.9 Å². The molecule has 0 aromatic heterocycles. The number of nitro groups is 1. The highest BCUT2D eigenvalue weighted by atomic mass is 16.6. The van der Waals surface area contributed by atoms with Crippen LogP contribution in [0.4, 0.5) is 0 Å². The molecule has 0 atom stereocenters. The minimum absolute atomic E-state index is 1.31. The Balaban J connectivity index is 3.79. The molecule has 0 aromatic carbocycles. The van der Waals surface area contributed by atoms with E-state index in [9.17, 15) is 10.1 Å². The van der Waals surface area contributed by atoms with E-state index >= 15 is 0 Å². The van der Waals surface area contributed by atoms with Crippen molar-refractivity contribution in [1.82, 2.24) is 0 Å². The second-order valence-electron chi connectivity index (χ2n) is 0.257. The molecule has 0 saturated carbocycles. The fraction of sp³-hybridized carbons (Fsp3) is 1.00. The van der Waals surface area contributed by atoms with Gasteiger partial charge in [-0.1, -0.05) is 0 Å². The fourth-order valence-electron chi connectivity index (χ4n) is 0. The van der Waals surface area contributed by atoms with Crippen LogP contribution >= 0.6 is 0 Å². The summed E-state index contributed by atoms with van der Waals surface area (Å²) in [5.74, 6) is 0. The van der Waals surface area contributed by atoms with Crippen molar-refractivity contribution in [1.29, 1.82) is 0 Å². The Hall–Kier alpha value is -0.600. The van der Waals surface area contributed by atoms with Gasteiger partial charge in [-0.15, -0.1) is 0 Å². The Morgan fingerprint density at radius 2 is 2.75 bits per heavy atom. The second kappa shape index (κ2) is 0.817. The van der Waals surface area contributed by atoms with E-state index in [0.29, 0.717) is 0 Å². The first-order valence-electron chi connectivity index (χ1n) is 2.09. The number of nitrogens with zero attached hydrogens (tertiary/aromatic N) is 1. The van der Waals surface area contributed by atoms with E-state index in [0.717, 1.165) is 0 Å². The third kappa shape index (κ3) is 0.622. The molecule has 0 rings (SSSR count). The lowest BCUT2D eigenvalue weighted by Gasteiger charge is -1.63. The number of rotatable bonds is 0. The van der Waals surface area contributed by atoms with Crippen molar-refractivity contribution in [2.75, 3.05) is 6.98 Å². The predicted octanol–water partition coefficient (Wildman–Crippen LogP) is -0.107. The summed E-state index contributed by atoms with van der Waals surface area (Å²) in [4.78, 5) is 7.95. The van der Waals surface area contributed by atoms with Crippen LogP contribution in [-0.2, 0) is 0 Å². The van der Waals surface area contributed by atoms with Crippen molar-refractivity contribution in [2.24, 2.45) is 0 Å². The van der Waals surface area contributed by atoms with Crippen LogP contribution in [0.2, 0.25) is 0 Å². The van der Waals surface area contributed by atoms with E-state index < -0.39 is 11.9 Å². The van der Waals surface area contributed by atoms with Crippen LogP contribution in [0.5, 0.6) is 0 Å². The quantitative estimate of drug-likeness (QED) is 0.224. The normalized spacial score (nSPS) is 20.5. The first kappa shape index (κ1) is 0.672. The van der Waals surface area contributed by atoms with Gasteiger partial charge in [0, 0.05) is 4.92 Å². The van der Waals surface area contributed by atoms with Crippen LogP contribution in [0.15, 0.2) is 0 Å². The summed E-state index contributed by atoms with van der Waals surface area (Å²) in [6.45, 7) is -3.03. The molecule has 3 nitrogen and oxygen atoms in total. The molecule has 0 aliphatic heterocycles. The zero-order chi connectivity index (χ0) is 6.08. The van der Waals surface area contributed by atoms with Gasteiger partial charge in [-0.2, -0.15) is 0 Å². The van der Waals surface area contributed by atoms with Gasteiger partial charge in [0.1, 0.15) is 4.11 Å². The highest BCUT2D eigenvalue weighted by Crippen LogP contribution is 1.39. The van der Waals surface area contributed by atoms with Gasteiger partial charge in [0.2, 0.25) is 0 Å². The zero-order valence-electron chi connectivity index (χ0n) is 4.76. The lowest BCUT2D eigenvalue weighted by Crippen LogP contribution is -1.79. The minimum atomic E-state index is -3.03. The molecule has 0 heterocycles. The van der Waals surface area contributed by atoms with Crippen molar-refractivity contribution < 1.29 is 9.04 Å². The maximum absolute atomic E-state index is 9.26. The second-order valence-corrected chi connectivity index (χ2v) is 0.257. The molecule has 0 aliphatic carbocycles. The van der Waals surface area contributed by atoms with Crippen molar-refractivity contribution in [2.45, 2.75) is 0 Å². The van der Waals surface area contributed by atoms with Gasteiger partial charge < -0.3 is 0 Å². The highest BCUT2D eigenvalue weighted by Gasteiger charge is 1.57. The zero-order valence-corrected chi connectivity index (χ0v) is 1.76. The molecule has 0 saturated heterocycles. The maximum atomic E-state index is 9.26. The van der Waals surface area contributed by atoms with Crippen molar-refractivity contribution in [3.63, 3.8) is 0 Å². The number of hydrogen-bond donors (Lipinski definition) is 0. The Labute approximate surface area is 27.6 Å². The van der Waals surface area contributed by atoms with E-state index in [2.05, 4.69) is 0 Å². The average molecular weight is 65.1 g/mol. The monoisotopic (exact) mass is 65.0 g/mol. The van der Waals surface area contributed by atoms with Gasteiger partial charge in [-0.05, 0) is 0 Å². The van der Waals surface area contributed by atoms with Gasteiger partial charge in [0.15, 0.2) is 6.98 Å². The molecule has 24 valence electrons. The molecule has 0 radical (unpaired) electrons. The van der Waals surface area contributed by atoms with E-state index in [1.807, 2.05) is 0 Å². The Morgan fingerprint density at radius 1 is 2.50 bits per heavy atom. The smallest absolute Gasteiger partial charge is 0.194 e. The summed E-state index contributed by atoms with van der Waals surface area (Å²) in [5, 5.41) is 9.26. The molecule has 0 aliphatic rings. The van der Waals surface area contributed by atoms with E-state index in [4.69, 9.17) is 4.11 Å². The van der Waals surface area contributed by atoms with Gasteiger partial charge in [0.25, 0.3) is 0 Å². The first-order chi connectivity index (χ1) is 2.94. The Kier molecular flexibility index (Phi) is 0.137. The lowest BCUT2D eigenvalue weighted by molar-refractivity contribution is -0.445. The standard InChI is InChI=1S/CH3NO2/c1-2(3)4/h1H3/i1+1D3. The Morgan fingerprint density at radius 3 is 2.75 bits per heavy atom. The summed E-state index contributed by atoms with van der Waals surface area (Å²) in [6.07, 6.45) is 0. The topological polar surface area (TPSA) is 43.1 Å². The first-order valence-corrected chi connectivity index (χ1v) is 0.589. The largest absolute Gasteiger partial charge is 0.265 e. The summed E-state index contributed by atoms with van der Waals surface area (Å²) in [6, 6.07) is 0. The maximum Gasteiger partial charge on any atom is 0.194 e. The molecule has 0 bridgehead atoms. The SMILES string of the molecule is [2H][13C]([2H])([2H])[N+](=O)[O-]. The summed E-state index contributed by atoms with van der Waals surface area (Å²) in [7, 11) is 0. The van der Waals surface area contributed by atoms with Crippen molar-refractivity contribution in [3.05, 3.63) is 10.1 Å². The summed E-state index contributed by atoms with van der Waals surface area (Å²) < 4.78 is 18.1. The third-order valence-corrected chi connectivity index (χ3v) is 0. The molecule has 0 aromatic rings. The lowest BCUT2D eigenvalue weighted by atomic mass is 12.3. The van der Waals surface area contributed by atoms with Crippen LogP contribution in [0.25, 0.3) is 0 Å². The van der Waals surface area contributed by atoms with E-state index in [1.165, 1.54) is 0 Å². The highest BCUT2D eigenvalue weighted by molar-refractivity contribution is 3.91. The summed E-state index contributed by atoms with van der Waals surface area (Å²) in [5.41, 5.74) is 0. The van der Waals surface area contributed by atoms with E-state index in [1.54, 1.807) is 0 Å². The van der Waals surface area contributed by atoms with Crippen LogP contribution in [0.1, 0.15) is 4.11 Å². The minimum Gasteiger partial charge on any atom is -0.265 e. The molecular weight excluding hydrogens is 59.0 g/mol. The van der Waals surface area contributed by atoms with Gasteiger partial charge in [-0.25, -0.2) is 0 Å². The average Bonchev–Trinajstić information content (AvgIpc) is 1.31. The number of hydrogen-bond acceptors (Lipinski definition) is 2. The third-order valence-electron chi connectivity index (χ3n) is 0. The molecule has 0 spiro atoms. The molecular formula is CH3NO2. The molecule has 0 unspecified atom stereocenters. The molecule has 0 N–H and O–H groups in total.